The van der Waals surface area contributed by atoms with Crippen molar-refractivity contribution >= 4 is 11.9 Å². The summed E-state index contributed by atoms with van der Waals surface area (Å²) in [6.45, 7) is 2.47. The summed E-state index contributed by atoms with van der Waals surface area (Å²) in [4.78, 5) is 26.6. The van der Waals surface area contributed by atoms with Crippen molar-refractivity contribution in [1.82, 2.24) is 10.2 Å². The van der Waals surface area contributed by atoms with Crippen LogP contribution in [0.1, 0.15) is 50.5 Å². The Kier molecular flexibility index (Phi) is 6.72. The van der Waals surface area contributed by atoms with E-state index in [1.807, 2.05) is 12.1 Å². The zero-order chi connectivity index (χ0) is 19.2. The van der Waals surface area contributed by atoms with Crippen LogP contribution in [0.3, 0.4) is 0 Å². The number of rotatable bonds is 6. The summed E-state index contributed by atoms with van der Waals surface area (Å²) in [6, 6.07) is 7.32. The van der Waals surface area contributed by atoms with Gasteiger partial charge < -0.3 is 15.5 Å². The molecule has 1 aromatic carbocycles. The van der Waals surface area contributed by atoms with Gasteiger partial charge in [0.15, 0.2) is 0 Å². The number of amides is 1. The van der Waals surface area contributed by atoms with E-state index in [9.17, 15) is 19.8 Å². The molecule has 2 aliphatic rings. The van der Waals surface area contributed by atoms with Crippen LogP contribution in [0.15, 0.2) is 24.3 Å². The fourth-order valence-electron chi connectivity index (χ4n) is 4.43. The van der Waals surface area contributed by atoms with Crippen LogP contribution >= 0.6 is 0 Å². The van der Waals surface area contributed by atoms with Gasteiger partial charge in [0.2, 0.25) is 5.91 Å². The van der Waals surface area contributed by atoms with Gasteiger partial charge in [-0.05, 0) is 49.3 Å². The Hall–Kier alpha value is -2.08. The molecule has 0 bridgehead atoms. The number of phenols is 1. The molecule has 1 amide bonds. The third-order valence-corrected chi connectivity index (χ3v) is 5.92. The van der Waals surface area contributed by atoms with Crippen molar-refractivity contribution < 1.29 is 19.8 Å². The average Bonchev–Trinajstić information content (AvgIpc) is 2.64. The minimum atomic E-state index is -0.985. The van der Waals surface area contributed by atoms with E-state index in [0.717, 1.165) is 70.1 Å². The number of aromatic hydroxyl groups is 1. The summed E-state index contributed by atoms with van der Waals surface area (Å²) in [5, 5.41) is 22.1. The largest absolute Gasteiger partial charge is 0.508 e. The first-order valence-corrected chi connectivity index (χ1v) is 10.1. The van der Waals surface area contributed by atoms with Crippen LogP contribution < -0.4 is 5.32 Å². The van der Waals surface area contributed by atoms with Crippen LogP contribution in [-0.2, 0) is 16.1 Å². The number of phenolic OH excluding ortho intramolecular Hbond substituents is 1. The molecule has 1 aliphatic heterocycles. The molecule has 0 aromatic heterocycles. The molecule has 1 unspecified atom stereocenters. The number of carboxylic acid groups (broad SMARTS) is 1. The number of hydrogen-bond donors (Lipinski definition) is 3. The molecule has 0 radical (unpaired) electrons. The molecular weight excluding hydrogens is 344 g/mol. The molecule has 6 heteroatoms. The molecular formula is C21H30N2O4. The zero-order valence-electron chi connectivity index (χ0n) is 15.8. The molecule has 6 nitrogen and oxygen atoms in total. The zero-order valence-corrected chi connectivity index (χ0v) is 15.8. The summed E-state index contributed by atoms with van der Waals surface area (Å²) in [6.07, 6.45) is 6.51. The number of piperidine rings is 1. The lowest BCUT2D eigenvalue weighted by atomic mass is 9.79. The highest BCUT2D eigenvalue weighted by molar-refractivity contribution is 5.97. The number of nitrogens with one attached hydrogen (secondary N) is 1. The summed E-state index contributed by atoms with van der Waals surface area (Å²) in [5.41, 5.74) is 1.07. The fraction of sp³-hybridized carbons (Fsp3) is 0.619. The number of benzene rings is 1. The van der Waals surface area contributed by atoms with Crippen molar-refractivity contribution in [3.8, 4) is 5.75 Å². The van der Waals surface area contributed by atoms with E-state index in [0.29, 0.717) is 0 Å². The van der Waals surface area contributed by atoms with Crippen molar-refractivity contribution in [3.63, 3.8) is 0 Å². The predicted molar refractivity (Wildman–Crippen MR) is 102 cm³/mol. The number of carbonyl (C=O) groups is 2. The molecule has 148 valence electrons. The van der Waals surface area contributed by atoms with Crippen molar-refractivity contribution in [1.29, 1.82) is 0 Å². The molecule has 27 heavy (non-hydrogen) atoms. The van der Waals surface area contributed by atoms with Crippen LogP contribution in [0.5, 0.6) is 5.75 Å². The lowest BCUT2D eigenvalue weighted by molar-refractivity contribution is -0.150. The summed E-state index contributed by atoms with van der Waals surface area (Å²) >= 11 is 0. The van der Waals surface area contributed by atoms with Gasteiger partial charge >= 0.3 is 5.97 Å². The molecule has 1 saturated heterocycles. The summed E-state index contributed by atoms with van der Waals surface area (Å²) in [5.74, 6) is -1.95. The summed E-state index contributed by atoms with van der Waals surface area (Å²) < 4.78 is 0. The smallest absolute Gasteiger partial charge is 0.316 e. The maximum Gasteiger partial charge on any atom is 0.316 e. The number of carbonyl (C=O) groups excluding carboxylic acids is 1. The number of aliphatic carboxylic acids is 1. The first-order valence-electron chi connectivity index (χ1n) is 10.1. The Morgan fingerprint density at radius 3 is 2.44 bits per heavy atom. The quantitative estimate of drug-likeness (QED) is 0.666. The minimum Gasteiger partial charge on any atom is -0.508 e. The second-order valence-corrected chi connectivity index (χ2v) is 7.94. The first kappa shape index (κ1) is 19.7. The molecule has 1 aromatic rings. The number of nitrogens with zero attached hydrogens (tertiary/aromatic N) is 1. The highest BCUT2D eigenvalue weighted by Gasteiger charge is 2.36. The van der Waals surface area contributed by atoms with E-state index in [4.69, 9.17) is 0 Å². The van der Waals surface area contributed by atoms with E-state index < -0.39 is 11.9 Å². The minimum absolute atomic E-state index is 0.0258. The average molecular weight is 374 g/mol. The fourth-order valence-corrected chi connectivity index (χ4v) is 4.43. The number of likely N-dealkylation sites (tertiary alicyclic amines) is 1. The molecule has 3 N–H and O–H groups in total. The first-order chi connectivity index (χ1) is 13.0. The van der Waals surface area contributed by atoms with Gasteiger partial charge in [-0.1, -0.05) is 31.4 Å². The highest BCUT2D eigenvalue weighted by Crippen LogP contribution is 2.30. The third-order valence-electron chi connectivity index (χ3n) is 5.92. The van der Waals surface area contributed by atoms with Gasteiger partial charge in [0.05, 0.1) is 0 Å². The molecule has 1 aliphatic carbocycles. The van der Waals surface area contributed by atoms with Crippen molar-refractivity contribution in [2.24, 2.45) is 11.8 Å². The summed E-state index contributed by atoms with van der Waals surface area (Å²) in [7, 11) is 0. The Bertz CT molecular complexity index is 649. The lowest BCUT2D eigenvalue weighted by Crippen LogP contribution is -2.48. The molecule has 3 rings (SSSR count). The number of carboxylic acids is 1. The SMILES string of the molecule is O=C(O)C(C(=O)NC1CCN(Cc2cccc(O)c2)CC1)C1CCCCC1. The van der Waals surface area contributed by atoms with Crippen LogP contribution in [0.4, 0.5) is 0 Å². The van der Waals surface area contributed by atoms with Gasteiger partial charge in [0, 0.05) is 25.7 Å². The second kappa shape index (κ2) is 9.22. The lowest BCUT2D eigenvalue weighted by Gasteiger charge is -2.34. The van der Waals surface area contributed by atoms with E-state index in [1.165, 1.54) is 0 Å². The van der Waals surface area contributed by atoms with Gasteiger partial charge in [-0.3, -0.25) is 14.5 Å². The van der Waals surface area contributed by atoms with E-state index in [2.05, 4.69) is 10.2 Å². The van der Waals surface area contributed by atoms with Crippen LogP contribution in [0.2, 0.25) is 0 Å². The molecule has 1 heterocycles. The predicted octanol–water partition coefficient (Wildman–Crippen LogP) is 2.75. The van der Waals surface area contributed by atoms with Gasteiger partial charge in [-0.15, -0.1) is 0 Å². The van der Waals surface area contributed by atoms with Crippen molar-refractivity contribution in [3.05, 3.63) is 29.8 Å². The Morgan fingerprint density at radius 2 is 1.81 bits per heavy atom. The Morgan fingerprint density at radius 1 is 1.11 bits per heavy atom. The second-order valence-electron chi connectivity index (χ2n) is 7.94. The molecule has 1 atom stereocenters. The normalized spacial score (nSPS) is 20.9. The van der Waals surface area contributed by atoms with Crippen LogP contribution in [-0.4, -0.2) is 46.1 Å². The van der Waals surface area contributed by atoms with Crippen molar-refractivity contribution in [2.75, 3.05) is 13.1 Å². The Balaban J connectivity index is 1.48. The van der Waals surface area contributed by atoms with Crippen LogP contribution in [0, 0.1) is 11.8 Å². The topological polar surface area (TPSA) is 89.9 Å². The monoisotopic (exact) mass is 374 g/mol. The van der Waals surface area contributed by atoms with Gasteiger partial charge in [0.1, 0.15) is 11.7 Å². The van der Waals surface area contributed by atoms with E-state index in [-0.39, 0.29) is 23.6 Å². The van der Waals surface area contributed by atoms with Crippen LogP contribution in [0.25, 0.3) is 0 Å². The van der Waals surface area contributed by atoms with E-state index >= 15 is 0 Å². The maximum absolute atomic E-state index is 12.6. The Labute approximate surface area is 160 Å². The third kappa shape index (κ3) is 5.45. The van der Waals surface area contributed by atoms with Crippen molar-refractivity contribution in [2.45, 2.75) is 57.5 Å². The standard InChI is InChI=1S/C21H30N2O4/c24-18-8-4-5-15(13-18)14-23-11-9-17(10-12-23)22-20(25)19(21(26)27)16-6-2-1-3-7-16/h4-5,8,13,16-17,19,24H,1-3,6-7,9-12,14H2,(H,22,25)(H,26,27). The number of hydrogen-bond acceptors (Lipinski definition) is 4. The van der Waals surface area contributed by atoms with E-state index in [1.54, 1.807) is 12.1 Å². The van der Waals surface area contributed by atoms with Gasteiger partial charge in [-0.25, -0.2) is 0 Å². The molecule has 1 saturated carbocycles. The van der Waals surface area contributed by atoms with Gasteiger partial charge in [-0.2, -0.15) is 0 Å². The highest BCUT2D eigenvalue weighted by atomic mass is 16.4. The molecule has 0 spiro atoms. The molecule has 2 fully saturated rings. The maximum atomic E-state index is 12.6. The van der Waals surface area contributed by atoms with Gasteiger partial charge in [0.25, 0.3) is 0 Å².